The molecule has 104 heavy (non-hydrogen) atoms. The lowest BCUT2D eigenvalue weighted by Crippen LogP contribution is -1.84. The topological polar surface area (TPSA) is 180 Å². The molecule has 0 N–H and O–H groups in total. The zero-order valence-corrected chi connectivity index (χ0v) is 59.7. The Labute approximate surface area is 610 Å². The van der Waals surface area contributed by atoms with E-state index in [1.54, 1.807) is 55.8 Å². The normalized spacial score (nSPS) is 9.92. The molecule has 0 fully saturated rings. The van der Waals surface area contributed by atoms with Gasteiger partial charge in [0.05, 0.1) is 22.8 Å². The van der Waals surface area contributed by atoms with E-state index in [4.69, 9.17) is 0 Å². The second-order valence-electron chi connectivity index (χ2n) is 23.9. The van der Waals surface area contributed by atoms with Crippen molar-refractivity contribution in [3.8, 4) is 89.5 Å². The van der Waals surface area contributed by atoms with Crippen LogP contribution in [0.25, 0.3) is 89.5 Å². The Morgan fingerprint density at radius 2 is 0.490 bits per heavy atom. The fourth-order valence-corrected chi connectivity index (χ4v) is 10.1. The van der Waals surface area contributed by atoms with Crippen LogP contribution >= 0.6 is 0 Å². The molecule has 14 heteroatoms. The molecule has 14 aromatic heterocycles. The summed E-state index contributed by atoms with van der Waals surface area (Å²) in [6, 6.07) is 72.8. The lowest BCUT2D eigenvalue weighted by molar-refractivity contribution is 1.19. The minimum atomic E-state index is 0.971. The van der Waals surface area contributed by atoms with Crippen molar-refractivity contribution < 1.29 is 0 Å². The van der Waals surface area contributed by atoms with Crippen LogP contribution < -0.4 is 0 Å². The Hall–Kier alpha value is -13.5. The van der Waals surface area contributed by atoms with E-state index in [2.05, 4.69) is 157 Å². The quantitative estimate of drug-likeness (QED) is 0.140. The first-order valence-electron chi connectivity index (χ1n) is 33.8. The molecule has 16 rings (SSSR count). The number of rotatable bonds is 8. The van der Waals surface area contributed by atoms with Gasteiger partial charge in [0.25, 0.3) is 0 Å². The third-order valence-electron chi connectivity index (χ3n) is 15.2. The fraction of sp³-hybridized carbons (Fsp3) is 0.0889. The number of hydrogen-bond acceptors (Lipinski definition) is 14. The third-order valence-corrected chi connectivity index (χ3v) is 15.2. The summed E-state index contributed by atoms with van der Waals surface area (Å²) in [5.74, 6) is 0. The Morgan fingerprint density at radius 1 is 0.154 bits per heavy atom. The molecule has 0 amide bonds. The monoisotopic (exact) mass is 1360 g/mol. The van der Waals surface area contributed by atoms with Crippen LogP contribution in [0, 0.1) is 55.4 Å². The number of pyridine rings is 14. The first kappa shape index (κ1) is 74.8. The van der Waals surface area contributed by atoms with Gasteiger partial charge in [0.2, 0.25) is 0 Å². The third kappa shape index (κ3) is 25.7. The van der Waals surface area contributed by atoms with Crippen LogP contribution in [0.3, 0.4) is 0 Å². The lowest BCUT2D eigenvalue weighted by Gasteiger charge is -2.00. The Morgan fingerprint density at radius 3 is 0.923 bits per heavy atom. The van der Waals surface area contributed by atoms with Crippen LogP contribution in [0.4, 0.5) is 0 Å². The van der Waals surface area contributed by atoms with Gasteiger partial charge in [-0.3, -0.25) is 69.8 Å². The molecule has 2 aromatic carbocycles. The first-order valence-corrected chi connectivity index (χ1v) is 33.8. The highest BCUT2D eigenvalue weighted by atomic mass is 14.7. The predicted molar refractivity (Wildman–Crippen MR) is 422 cm³/mol. The largest absolute Gasteiger partial charge is 0.265 e. The summed E-state index contributed by atoms with van der Waals surface area (Å²) in [5, 5.41) is 0. The van der Waals surface area contributed by atoms with E-state index in [-0.39, 0.29) is 0 Å². The predicted octanol–water partition coefficient (Wildman–Crippen LogP) is 20.8. The maximum Gasteiger partial charge on any atom is 0.0720 e. The van der Waals surface area contributed by atoms with Gasteiger partial charge in [-0.05, 0) is 251 Å². The average molecular weight is 1360 g/mol. The lowest BCUT2D eigenvalue weighted by atomic mass is 10.1. The molecule has 0 unspecified atom stereocenters. The van der Waals surface area contributed by atoms with Crippen LogP contribution in [-0.2, 0) is 0 Å². The minimum absolute atomic E-state index is 0.971. The smallest absolute Gasteiger partial charge is 0.0720 e. The number of aryl methyl sites for hydroxylation is 8. The summed E-state index contributed by atoms with van der Waals surface area (Å²) in [5.41, 5.74) is 26.9. The summed E-state index contributed by atoms with van der Waals surface area (Å²) < 4.78 is 0. The second-order valence-corrected chi connectivity index (χ2v) is 23.9. The molecule has 16 aromatic rings. The van der Waals surface area contributed by atoms with Crippen molar-refractivity contribution in [1.82, 2.24) is 69.8 Å². The summed E-state index contributed by atoms with van der Waals surface area (Å²) >= 11 is 0. The van der Waals surface area contributed by atoms with Crippen LogP contribution in [0.5, 0.6) is 0 Å². The van der Waals surface area contributed by atoms with Gasteiger partial charge < -0.3 is 0 Å². The molecule has 0 aliphatic carbocycles. The van der Waals surface area contributed by atoms with Gasteiger partial charge in [0.15, 0.2) is 0 Å². The van der Waals surface area contributed by atoms with E-state index in [9.17, 15) is 0 Å². The van der Waals surface area contributed by atoms with Crippen LogP contribution in [0.1, 0.15) is 44.8 Å². The summed E-state index contributed by atoms with van der Waals surface area (Å²) in [4.78, 5) is 58.0. The van der Waals surface area contributed by atoms with Crippen molar-refractivity contribution >= 4 is 0 Å². The van der Waals surface area contributed by atoms with Gasteiger partial charge in [-0.2, -0.15) is 0 Å². The van der Waals surface area contributed by atoms with Crippen molar-refractivity contribution in [2.45, 2.75) is 55.4 Å². The zero-order chi connectivity index (χ0) is 72.8. The van der Waals surface area contributed by atoms with Crippen LogP contribution in [-0.4, -0.2) is 69.8 Å². The highest BCUT2D eigenvalue weighted by Gasteiger charge is 2.04. The molecule has 0 spiro atoms. The molecular formula is C90H82N14. The van der Waals surface area contributed by atoms with Gasteiger partial charge in [-0.15, -0.1) is 0 Å². The van der Waals surface area contributed by atoms with Gasteiger partial charge in [0.1, 0.15) is 0 Å². The molecule has 0 saturated heterocycles. The van der Waals surface area contributed by atoms with Crippen molar-refractivity contribution in [3.05, 3.63) is 399 Å². The highest BCUT2D eigenvalue weighted by Crippen LogP contribution is 2.23. The van der Waals surface area contributed by atoms with Crippen LogP contribution in [0.2, 0.25) is 0 Å². The molecule has 0 saturated carbocycles. The Bertz CT molecular complexity index is 4130. The minimum Gasteiger partial charge on any atom is -0.265 e. The highest BCUT2D eigenvalue weighted by molar-refractivity contribution is 5.66. The van der Waals surface area contributed by atoms with E-state index < -0.39 is 0 Å². The van der Waals surface area contributed by atoms with Crippen molar-refractivity contribution in [2.24, 2.45) is 0 Å². The average Bonchev–Trinajstić information content (AvgIpc) is 0.967. The zero-order valence-electron chi connectivity index (χ0n) is 59.7. The Kier molecular flexibility index (Phi) is 29.6. The molecule has 512 valence electrons. The molecule has 0 atom stereocenters. The maximum atomic E-state index is 4.28. The number of benzene rings is 2. The van der Waals surface area contributed by atoms with Gasteiger partial charge in [0, 0.05) is 192 Å². The maximum absolute atomic E-state index is 4.28. The SMILES string of the molecule is Cc1cc(-c2ccccc2)ccn1.Cc1cc(-c2ccccn2)ccn1.Cc1ccnc(-c2cccnc2)c1.Cc1ccnc(-c2ccncc2)c1.Cc1cncc(-c2ccccc2)c1.Cc1cncc(-c2ccccn2)c1.Cc1cncc(-c2cccnc2)c1.Cc1cncc(-c2ccncc2)c1. The molecule has 0 radical (unpaired) electrons. The van der Waals surface area contributed by atoms with E-state index in [0.29, 0.717) is 0 Å². The first-order chi connectivity index (χ1) is 50.9. The Balaban J connectivity index is 0.000000138. The molecular weight excluding hydrogens is 1280 g/mol. The van der Waals surface area contributed by atoms with Gasteiger partial charge >= 0.3 is 0 Å². The number of hydrogen-bond donors (Lipinski definition) is 0. The summed E-state index contributed by atoms with van der Waals surface area (Å²) in [7, 11) is 0. The second kappa shape index (κ2) is 41.2. The molecule has 0 bridgehead atoms. The van der Waals surface area contributed by atoms with Crippen molar-refractivity contribution in [1.29, 1.82) is 0 Å². The molecule has 0 aliphatic rings. The van der Waals surface area contributed by atoms with Gasteiger partial charge in [-0.1, -0.05) is 78.9 Å². The standard InChI is InChI=1S/2C12H11N.6C11H10N2/c1-10-7-12(9-13-8-10)11-5-3-2-4-6-11;1-10-9-12(7-8-13-10)11-5-3-2-4-6-11;1-9-2-7-13-11(8-9)10-3-5-12-6-4-10;1-9-6-11(8-13-7-9)10-2-4-12-5-3-10;1-9-4-6-13-11(7-9)10-3-2-5-12-8-10;1-9-5-11(8-13-6-9)10-3-2-4-12-7-10;1-9-8-10(5-7-12-9)11-4-2-3-6-13-11;1-9-6-10(8-12-7-9)11-4-2-3-5-13-11/h2*2-9H,1H3;6*2-8H,1H3. The molecule has 0 aliphatic heterocycles. The fourth-order valence-electron chi connectivity index (χ4n) is 10.1. The van der Waals surface area contributed by atoms with E-state index in [1.165, 1.54) is 50.1 Å². The molecule has 14 nitrogen and oxygen atoms in total. The van der Waals surface area contributed by atoms with E-state index in [0.717, 1.165) is 84.2 Å². The number of aromatic nitrogens is 14. The number of nitrogens with zero attached hydrogens (tertiary/aromatic N) is 14. The van der Waals surface area contributed by atoms with Crippen LogP contribution in [0.15, 0.2) is 355 Å². The summed E-state index contributed by atoms with van der Waals surface area (Å²) in [6.45, 7) is 16.3. The van der Waals surface area contributed by atoms with E-state index in [1.807, 2.05) is 267 Å². The van der Waals surface area contributed by atoms with Gasteiger partial charge in [-0.25, -0.2) is 0 Å². The summed E-state index contributed by atoms with van der Waals surface area (Å²) in [6.07, 6.45) is 40.0. The van der Waals surface area contributed by atoms with Crippen molar-refractivity contribution in [3.63, 3.8) is 0 Å². The van der Waals surface area contributed by atoms with Crippen molar-refractivity contribution in [2.75, 3.05) is 0 Å². The van der Waals surface area contributed by atoms with E-state index >= 15 is 0 Å². The molecule has 14 heterocycles.